The van der Waals surface area contributed by atoms with Gasteiger partial charge in [0.2, 0.25) is 10.0 Å². The van der Waals surface area contributed by atoms with Gasteiger partial charge in [-0.3, -0.25) is 4.98 Å². The van der Waals surface area contributed by atoms with E-state index < -0.39 is 15.3 Å². The normalized spacial score (nSPS) is 13.9. The molecule has 0 radical (unpaired) electrons. The SMILES string of the molecule is CCNS(=O)(=O)[C@@H](C)c1ccccn1. The lowest BCUT2D eigenvalue weighted by Crippen LogP contribution is -2.27. The molecule has 0 spiro atoms. The van der Waals surface area contributed by atoms with Crippen LogP contribution in [0.3, 0.4) is 0 Å². The van der Waals surface area contributed by atoms with Crippen LogP contribution >= 0.6 is 0 Å². The van der Waals surface area contributed by atoms with Gasteiger partial charge >= 0.3 is 0 Å². The number of nitrogens with zero attached hydrogens (tertiary/aromatic N) is 1. The third-order valence-electron chi connectivity index (χ3n) is 1.92. The van der Waals surface area contributed by atoms with E-state index >= 15 is 0 Å². The largest absolute Gasteiger partial charge is 0.260 e. The summed E-state index contributed by atoms with van der Waals surface area (Å²) in [5.41, 5.74) is 0.563. The number of sulfonamides is 1. The molecule has 0 fully saturated rings. The second-order valence-electron chi connectivity index (χ2n) is 2.94. The minimum absolute atomic E-state index is 0.402. The van der Waals surface area contributed by atoms with Crippen molar-refractivity contribution in [1.82, 2.24) is 9.71 Å². The molecule has 1 aromatic heterocycles. The zero-order valence-electron chi connectivity index (χ0n) is 8.27. The molecule has 0 aliphatic heterocycles. The second kappa shape index (κ2) is 4.52. The van der Waals surface area contributed by atoms with Gasteiger partial charge in [0, 0.05) is 12.7 Å². The lowest BCUT2D eigenvalue weighted by atomic mass is 10.3. The van der Waals surface area contributed by atoms with Crippen LogP contribution in [0.2, 0.25) is 0 Å². The van der Waals surface area contributed by atoms with Gasteiger partial charge in [-0.2, -0.15) is 0 Å². The molecule has 0 aromatic carbocycles. The Hall–Kier alpha value is -0.940. The maximum Gasteiger partial charge on any atom is 0.219 e. The van der Waals surface area contributed by atoms with Crippen LogP contribution in [-0.2, 0) is 10.0 Å². The molecule has 0 unspecified atom stereocenters. The molecule has 1 aromatic rings. The first-order chi connectivity index (χ1) is 6.58. The summed E-state index contributed by atoms with van der Waals surface area (Å²) in [6.45, 7) is 3.78. The Morgan fingerprint density at radius 2 is 2.21 bits per heavy atom. The predicted octanol–water partition coefficient (Wildman–Crippen LogP) is 1.08. The highest BCUT2D eigenvalue weighted by Crippen LogP contribution is 2.17. The van der Waals surface area contributed by atoms with Gasteiger partial charge < -0.3 is 0 Å². The Morgan fingerprint density at radius 1 is 1.50 bits per heavy atom. The van der Waals surface area contributed by atoms with Gasteiger partial charge in [-0.05, 0) is 19.1 Å². The van der Waals surface area contributed by atoms with E-state index in [-0.39, 0.29) is 0 Å². The van der Waals surface area contributed by atoms with Crippen molar-refractivity contribution in [2.24, 2.45) is 0 Å². The van der Waals surface area contributed by atoms with E-state index in [0.717, 1.165) is 0 Å². The van der Waals surface area contributed by atoms with Crippen LogP contribution in [-0.4, -0.2) is 19.9 Å². The van der Waals surface area contributed by atoms with Gasteiger partial charge in [0.25, 0.3) is 0 Å². The maximum atomic E-state index is 11.6. The molecular formula is C9H14N2O2S. The number of hydrogen-bond donors (Lipinski definition) is 1. The summed E-state index contributed by atoms with van der Waals surface area (Å²) in [4.78, 5) is 4.01. The molecule has 0 saturated heterocycles. The summed E-state index contributed by atoms with van der Waals surface area (Å²) >= 11 is 0. The first-order valence-corrected chi connectivity index (χ1v) is 6.02. The summed E-state index contributed by atoms with van der Waals surface area (Å²) in [6.07, 6.45) is 1.59. The van der Waals surface area contributed by atoms with Gasteiger partial charge in [-0.1, -0.05) is 13.0 Å². The van der Waals surface area contributed by atoms with E-state index in [1.165, 1.54) is 0 Å². The number of hydrogen-bond acceptors (Lipinski definition) is 3. The zero-order valence-corrected chi connectivity index (χ0v) is 9.08. The van der Waals surface area contributed by atoms with Crippen LogP contribution in [0.4, 0.5) is 0 Å². The number of nitrogens with one attached hydrogen (secondary N) is 1. The highest BCUT2D eigenvalue weighted by molar-refractivity contribution is 7.89. The van der Waals surface area contributed by atoms with Crippen LogP contribution in [0, 0.1) is 0 Å². The Morgan fingerprint density at radius 3 is 2.71 bits per heavy atom. The van der Waals surface area contributed by atoms with Crippen molar-refractivity contribution in [3.8, 4) is 0 Å². The van der Waals surface area contributed by atoms with Gasteiger partial charge in [-0.15, -0.1) is 0 Å². The molecule has 0 aliphatic carbocycles. The Bertz CT molecular complexity index is 375. The Kier molecular flexibility index (Phi) is 3.60. The quantitative estimate of drug-likeness (QED) is 0.816. The van der Waals surface area contributed by atoms with Crippen molar-refractivity contribution in [3.63, 3.8) is 0 Å². The Balaban J connectivity index is 2.91. The second-order valence-corrected chi connectivity index (χ2v) is 5.03. The summed E-state index contributed by atoms with van der Waals surface area (Å²) in [5, 5.41) is -0.608. The van der Waals surface area contributed by atoms with Crippen LogP contribution in [0.15, 0.2) is 24.4 Å². The molecule has 1 atom stereocenters. The van der Waals surface area contributed by atoms with Crippen molar-refractivity contribution in [3.05, 3.63) is 30.1 Å². The fourth-order valence-corrected chi connectivity index (χ4v) is 2.21. The van der Waals surface area contributed by atoms with Gasteiger partial charge in [0.15, 0.2) is 0 Å². The fraction of sp³-hybridized carbons (Fsp3) is 0.444. The van der Waals surface area contributed by atoms with Crippen LogP contribution in [0.25, 0.3) is 0 Å². The van der Waals surface area contributed by atoms with E-state index in [2.05, 4.69) is 9.71 Å². The molecule has 5 heteroatoms. The van der Waals surface area contributed by atoms with E-state index in [9.17, 15) is 8.42 Å². The number of aromatic nitrogens is 1. The first kappa shape index (κ1) is 11.1. The molecule has 14 heavy (non-hydrogen) atoms. The average molecular weight is 214 g/mol. The van der Waals surface area contributed by atoms with Gasteiger partial charge in [0.05, 0.1) is 5.69 Å². The van der Waals surface area contributed by atoms with E-state index in [1.54, 1.807) is 38.2 Å². The lowest BCUT2D eigenvalue weighted by molar-refractivity contribution is 0.572. The van der Waals surface area contributed by atoms with Crippen molar-refractivity contribution in [2.45, 2.75) is 19.1 Å². The summed E-state index contributed by atoms with van der Waals surface area (Å²) < 4.78 is 25.6. The summed E-state index contributed by atoms with van der Waals surface area (Å²) in [5.74, 6) is 0. The monoisotopic (exact) mass is 214 g/mol. The molecule has 0 bridgehead atoms. The van der Waals surface area contributed by atoms with Crippen LogP contribution in [0.1, 0.15) is 24.8 Å². The van der Waals surface area contributed by atoms with Gasteiger partial charge in [0.1, 0.15) is 5.25 Å². The average Bonchev–Trinajstić information content (AvgIpc) is 2.18. The maximum absolute atomic E-state index is 11.6. The number of pyridine rings is 1. The zero-order chi connectivity index (χ0) is 10.6. The smallest absolute Gasteiger partial charge is 0.219 e. The highest BCUT2D eigenvalue weighted by Gasteiger charge is 2.21. The third kappa shape index (κ3) is 2.52. The molecule has 1 N–H and O–H groups in total. The topological polar surface area (TPSA) is 59.1 Å². The van der Waals surface area contributed by atoms with E-state index in [4.69, 9.17) is 0 Å². The van der Waals surface area contributed by atoms with E-state index in [1.807, 2.05) is 0 Å². The van der Waals surface area contributed by atoms with Gasteiger partial charge in [-0.25, -0.2) is 13.1 Å². The molecule has 1 heterocycles. The minimum atomic E-state index is -3.28. The summed E-state index contributed by atoms with van der Waals surface area (Å²) in [6, 6.07) is 5.25. The Labute approximate surface area is 84.4 Å². The summed E-state index contributed by atoms with van der Waals surface area (Å²) in [7, 11) is -3.28. The van der Waals surface area contributed by atoms with E-state index in [0.29, 0.717) is 12.2 Å². The standard InChI is InChI=1S/C9H14N2O2S/c1-3-11-14(12,13)8(2)9-6-4-5-7-10-9/h4-8,11H,3H2,1-2H3/t8-/m0/s1. The van der Waals surface area contributed by atoms with Crippen LogP contribution in [0.5, 0.6) is 0 Å². The van der Waals surface area contributed by atoms with Crippen molar-refractivity contribution >= 4 is 10.0 Å². The predicted molar refractivity (Wildman–Crippen MR) is 55.2 cm³/mol. The fourth-order valence-electron chi connectivity index (χ4n) is 1.10. The van der Waals surface area contributed by atoms with Crippen molar-refractivity contribution < 1.29 is 8.42 Å². The lowest BCUT2D eigenvalue weighted by Gasteiger charge is -2.11. The molecule has 0 aliphatic rings. The number of rotatable bonds is 4. The van der Waals surface area contributed by atoms with Crippen molar-refractivity contribution in [1.29, 1.82) is 0 Å². The molecule has 0 amide bonds. The first-order valence-electron chi connectivity index (χ1n) is 4.47. The molecule has 4 nitrogen and oxygen atoms in total. The van der Waals surface area contributed by atoms with Crippen LogP contribution < -0.4 is 4.72 Å². The third-order valence-corrected chi connectivity index (χ3v) is 3.78. The molecular weight excluding hydrogens is 200 g/mol. The molecule has 1 rings (SSSR count). The molecule has 0 saturated carbocycles. The molecule has 78 valence electrons. The minimum Gasteiger partial charge on any atom is -0.260 e. The highest BCUT2D eigenvalue weighted by atomic mass is 32.2. The van der Waals surface area contributed by atoms with Crippen molar-refractivity contribution in [2.75, 3.05) is 6.54 Å².